The number of carbonyl (C=O) groups is 1. The normalized spacial score (nSPS) is 31.5. The summed E-state index contributed by atoms with van der Waals surface area (Å²) in [6.45, 7) is 42.4. The minimum Gasteiger partial charge on any atom is -0.497 e. The molecule has 5 fully saturated rings. The van der Waals surface area contributed by atoms with Crippen LogP contribution in [0.1, 0.15) is 162 Å². The predicted octanol–water partition coefficient (Wildman–Crippen LogP) is 17.2. The van der Waals surface area contributed by atoms with Crippen LogP contribution >= 0.6 is 0 Å². The van der Waals surface area contributed by atoms with Crippen LogP contribution in [0.25, 0.3) is 0 Å². The first kappa shape index (κ1) is 66.5. The van der Waals surface area contributed by atoms with E-state index in [9.17, 15) is 4.79 Å². The lowest BCUT2D eigenvalue weighted by atomic mass is 9.76. The van der Waals surface area contributed by atoms with Crippen LogP contribution in [0.4, 0.5) is 0 Å². The van der Waals surface area contributed by atoms with Crippen molar-refractivity contribution in [2.75, 3.05) is 13.7 Å². The number of carbonyl (C=O) groups excluding carboxylic acids is 1. The fourth-order valence-electron chi connectivity index (χ4n) is 14.0. The number of ether oxygens (including phenoxy) is 7. The Bertz CT molecular complexity index is 2570. The van der Waals surface area contributed by atoms with Gasteiger partial charge in [-0.15, -0.1) is 0 Å². The van der Waals surface area contributed by atoms with Gasteiger partial charge in [0.05, 0.1) is 82.3 Å². The maximum Gasteiger partial charge on any atom is 0.193 e. The minimum absolute atomic E-state index is 0.00394. The van der Waals surface area contributed by atoms with Crippen LogP contribution in [0.2, 0.25) is 37.8 Å². The molecule has 0 aliphatic carbocycles. The molecule has 11 heteroatoms. The summed E-state index contributed by atoms with van der Waals surface area (Å²) in [4.78, 5) is 14.5. The number of rotatable bonds is 26. The molecule has 17 atom stereocenters. The summed E-state index contributed by atoms with van der Waals surface area (Å²) in [5.74, 6) is 2.79. The molecule has 0 N–H and O–H groups in total. The summed E-state index contributed by atoms with van der Waals surface area (Å²) in [5, 5.41) is 0.0888. The standard InChI is InChI=1S/C73H110O9Si2/c1-18-48(2)42-67-54(8)63(46-58(74)45-62-36-38-65-70(79-62)52(6)53(7)71(81-65)66(39-41-83(13,14)15)82-84(16,17)72(9,10)11)69(80-67)47-68-51(5)49(3)43-61(78-68)35-37-64-50(4)44-60(77-64)30-25-40-76-73(55-26-21-19-22-27-55,56-28-23-20-24-29-56)57-31-33-59(75-12)34-32-57/h19-24,26-29,31-34,39,41,48-49,52-54,60-71H,4-5,18,25,30,35-38,40,42-47H2,1-3,6-17H3/b41-39+/t48-,49-,52-,53+,54-,60+,61?,62?,63-,64?,65+,66+,67?,68?,69+,70-,71-/m1/s1. The molecule has 84 heavy (non-hydrogen) atoms. The number of benzene rings is 3. The van der Waals surface area contributed by atoms with Crippen LogP contribution in [-0.4, -0.2) is 103 Å². The van der Waals surface area contributed by atoms with Crippen LogP contribution in [0.3, 0.4) is 0 Å². The number of hydrogen-bond acceptors (Lipinski definition) is 9. The Labute approximate surface area is 510 Å². The molecule has 5 aliphatic rings. The summed E-state index contributed by atoms with van der Waals surface area (Å²) in [7, 11) is -1.88. The van der Waals surface area contributed by atoms with Crippen molar-refractivity contribution in [2.45, 2.75) is 256 Å². The molecule has 3 aromatic carbocycles. The van der Waals surface area contributed by atoms with Crippen LogP contribution in [0.15, 0.2) is 121 Å². The quantitative estimate of drug-likeness (QED) is 0.0337. The van der Waals surface area contributed by atoms with Gasteiger partial charge in [0.2, 0.25) is 0 Å². The Morgan fingerprint density at radius 1 is 0.726 bits per heavy atom. The zero-order valence-corrected chi connectivity index (χ0v) is 56.5. The molecule has 0 amide bonds. The first-order valence-electron chi connectivity index (χ1n) is 32.7. The second-order valence-corrected chi connectivity index (χ2v) is 39.0. The zero-order valence-electron chi connectivity index (χ0n) is 54.5. The summed E-state index contributed by atoms with van der Waals surface area (Å²) >= 11 is 0. The molecule has 5 aliphatic heterocycles. The average molecular weight is 1190 g/mol. The van der Waals surface area contributed by atoms with Crippen LogP contribution in [0, 0.1) is 35.5 Å². The molecule has 464 valence electrons. The third-order valence-electron chi connectivity index (χ3n) is 20.7. The van der Waals surface area contributed by atoms with Crippen molar-refractivity contribution in [1.29, 1.82) is 0 Å². The Hall–Kier alpha value is -3.50. The average Bonchev–Trinajstić information content (AvgIpc) is 1.78. The molecule has 5 unspecified atom stereocenters. The number of methoxy groups -OCH3 is 1. The van der Waals surface area contributed by atoms with Crippen LogP contribution < -0.4 is 4.74 Å². The monoisotopic (exact) mass is 1190 g/mol. The summed E-state index contributed by atoms with van der Waals surface area (Å²) in [5.41, 5.74) is 7.18. The van der Waals surface area contributed by atoms with E-state index in [0.29, 0.717) is 31.3 Å². The highest BCUT2D eigenvalue weighted by Crippen LogP contribution is 2.47. The fraction of sp³-hybridized carbons (Fsp3) is 0.658. The van der Waals surface area contributed by atoms with Crippen molar-refractivity contribution in [1.82, 2.24) is 0 Å². The number of fused-ring (bicyclic) bond motifs is 1. The number of Topliss-reactive ketones (excluding diaryl/α,β-unsaturated/α-hetero) is 1. The lowest BCUT2D eigenvalue weighted by Crippen LogP contribution is -2.58. The van der Waals surface area contributed by atoms with Crippen molar-refractivity contribution in [3.8, 4) is 5.75 Å². The molecule has 9 nitrogen and oxygen atoms in total. The van der Waals surface area contributed by atoms with Crippen molar-refractivity contribution in [3.63, 3.8) is 0 Å². The first-order chi connectivity index (χ1) is 39.8. The molecule has 0 radical (unpaired) electrons. The van der Waals surface area contributed by atoms with Crippen molar-refractivity contribution in [3.05, 3.63) is 138 Å². The molecule has 0 aromatic heterocycles. The molecule has 8 rings (SSSR count). The van der Waals surface area contributed by atoms with Gasteiger partial charge in [0.1, 0.15) is 17.1 Å². The van der Waals surface area contributed by atoms with Gasteiger partial charge >= 0.3 is 0 Å². The highest BCUT2D eigenvalue weighted by atomic mass is 28.4. The zero-order chi connectivity index (χ0) is 60.7. The minimum atomic E-state index is -2.09. The van der Waals surface area contributed by atoms with E-state index < -0.39 is 22.0 Å². The van der Waals surface area contributed by atoms with Crippen molar-refractivity contribution in [2.24, 2.45) is 35.5 Å². The Morgan fingerprint density at radius 2 is 1.37 bits per heavy atom. The summed E-state index contributed by atoms with van der Waals surface area (Å²) < 4.78 is 55.0. The first-order valence-corrected chi connectivity index (χ1v) is 39.2. The highest BCUT2D eigenvalue weighted by Gasteiger charge is 2.51. The second-order valence-electron chi connectivity index (χ2n) is 29.2. The van der Waals surface area contributed by atoms with E-state index in [-0.39, 0.29) is 102 Å². The third kappa shape index (κ3) is 16.2. The fourth-order valence-corrected chi connectivity index (χ4v) is 16.0. The van der Waals surface area contributed by atoms with Crippen molar-refractivity contribution < 1.29 is 42.4 Å². The largest absolute Gasteiger partial charge is 0.497 e. The van der Waals surface area contributed by atoms with Crippen LogP contribution in [0.5, 0.6) is 5.75 Å². The van der Waals surface area contributed by atoms with Gasteiger partial charge in [0.15, 0.2) is 8.32 Å². The number of ketones is 1. The SMILES string of the molecule is C=C1C[C@H](CCCOC(c2ccccc2)(c2ccccc2)c2ccc(OC)cc2)OC1CCC1C[C@@H](C)C(=C)C(C[C@@H]2OC(C[C@H](C)CC)[C@H](C)[C@H]2CC(=O)CC2CC[C@@H]3O[C@@H]([C@H](/C=C/[Si](C)(C)C)O[Si](C)(C)C(C)(C)C)[C@@H](C)[C@@H](C)[C@H]3O2)O1. The van der Waals surface area contributed by atoms with Gasteiger partial charge in [-0.2, -0.15) is 0 Å². The lowest BCUT2D eigenvalue weighted by molar-refractivity contribution is -0.237. The highest BCUT2D eigenvalue weighted by molar-refractivity contribution is 6.81. The smallest absolute Gasteiger partial charge is 0.193 e. The van der Waals surface area contributed by atoms with Gasteiger partial charge in [-0.25, -0.2) is 0 Å². The molecule has 5 saturated heterocycles. The maximum atomic E-state index is 14.5. The van der Waals surface area contributed by atoms with E-state index in [1.807, 2.05) is 12.1 Å². The van der Waals surface area contributed by atoms with Crippen LogP contribution in [-0.2, 0) is 43.2 Å². The van der Waals surface area contributed by atoms with Gasteiger partial charge < -0.3 is 37.6 Å². The Balaban J connectivity index is 0.856. The number of hydrogen-bond donors (Lipinski definition) is 0. The van der Waals surface area contributed by atoms with E-state index in [1.165, 1.54) is 5.57 Å². The lowest BCUT2D eigenvalue weighted by Gasteiger charge is -2.51. The van der Waals surface area contributed by atoms with Gasteiger partial charge in [-0.3, -0.25) is 4.79 Å². The van der Waals surface area contributed by atoms with E-state index in [4.69, 9.17) is 37.6 Å². The summed E-state index contributed by atoms with van der Waals surface area (Å²) in [6.07, 6.45) is 12.8. The van der Waals surface area contributed by atoms with E-state index in [1.54, 1.807) is 7.11 Å². The molecule has 0 spiro atoms. The Kier molecular flexibility index (Phi) is 22.8. The molecular weight excluding hydrogens is 1080 g/mol. The summed E-state index contributed by atoms with van der Waals surface area (Å²) in [6, 6.07) is 29.3. The molecule has 0 bridgehead atoms. The van der Waals surface area contributed by atoms with Gasteiger partial charge in [0.25, 0.3) is 0 Å². The van der Waals surface area contributed by atoms with E-state index in [0.717, 1.165) is 98.6 Å². The molecular formula is C73H110O9Si2. The van der Waals surface area contributed by atoms with Gasteiger partial charge in [0, 0.05) is 25.9 Å². The van der Waals surface area contributed by atoms with Gasteiger partial charge in [-0.1, -0.05) is 186 Å². The molecule has 0 saturated carbocycles. The maximum absolute atomic E-state index is 14.5. The second kappa shape index (κ2) is 28.8. The Morgan fingerprint density at radius 3 is 1.99 bits per heavy atom. The topological polar surface area (TPSA) is 90.9 Å². The predicted molar refractivity (Wildman–Crippen MR) is 348 cm³/mol. The van der Waals surface area contributed by atoms with Crippen molar-refractivity contribution >= 4 is 22.2 Å². The van der Waals surface area contributed by atoms with Gasteiger partial charge in [-0.05, 0) is 151 Å². The van der Waals surface area contributed by atoms with E-state index in [2.05, 4.69) is 193 Å². The molecule has 5 heterocycles. The van der Waals surface area contributed by atoms with E-state index >= 15 is 0 Å². The molecule has 3 aromatic rings. The third-order valence-corrected chi connectivity index (χ3v) is 26.4.